The lowest BCUT2D eigenvalue weighted by Gasteiger charge is -2.26. The van der Waals surface area contributed by atoms with Gasteiger partial charge in [-0.15, -0.1) is 12.4 Å². The minimum Gasteiger partial charge on any atom is -0.466 e. The average Bonchev–Trinajstić information content (AvgIpc) is 2.47. The number of nitrogens with zero attached hydrogens (tertiary/aromatic N) is 2. The molecule has 0 bridgehead atoms. The van der Waals surface area contributed by atoms with Crippen molar-refractivity contribution in [2.75, 3.05) is 20.2 Å². The molecule has 4 nitrogen and oxygen atoms in total. The summed E-state index contributed by atoms with van der Waals surface area (Å²) < 4.78 is 4.75. The summed E-state index contributed by atoms with van der Waals surface area (Å²) in [6.45, 7) is 2.14. The third kappa shape index (κ3) is 3.83. The Morgan fingerprint density at radius 3 is 2.90 bits per heavy atom. The summed E-state index contributed by atoms with van der Waals surface area (Å²) in [7, 11) is 1.40. The number of hydrogen-bond donors (Lipinski definition) is 0. The van der Waals surface area contributed by atoms with Gasteiger partial charge in [0, 0.05) is 25.2 Å². The Balaban J connectivity index is 0.00000200. The molecule has 2 rings (SSSR count). The summed E-state index contributed by atoms with van der Waals surface area (Å²) in [4.78, 5) is 13.7. The van der Waals surface area contributed by atoms with Gasteiger partial charge >= 0.3 is 5.97 Å². The van der Waals surface area contributed by atoms with Crippen molar-refractivity contribution in [2.45, 2.75) is 13.0 Å². The standard InChI is InChI=1S/C15H16N2O2.ClH/c1-19-15(18)14-7-4-8-17(11-14)10-13-6-3-2-5-12(13)9-16;/h2-3,5-7H,4,8,10-11H2,1H3;1H. The van der Waals surface area contributed by atoms with Crippen molar-refractivity contribution in [3.63, 3.8) is 0 Å². The topological polar surface area (TPSA) is 53.3 Å². The van der Waals surface area contributed by atoms with Gasteiger partial charge in [-0.25, -0.2) is 4.79 Å². The first-order valence-electron chi connectivity index (χ1n) is 6.22. The highest BCUT2D eigenvalue weighted by atomic mass is 35.5. The molecule has 0 unspecified atom stereocenters. The second-order valence-corrected chi connectivity index (χ2v) is 4.49. The number of rotatable bonds is 3. The van der Waals surface area contributed by atoms with E-state index in [9.17, 15) is 4.79 Å². The Morgan fingerprint density at radius 2 is 2.20 bits per heavy atom. The predicted molar refractivity (Wildman–Crippen MR) is 78.4 cm³/mol. The summed E-state index contributed by atoms with van der Waals surface area (Å²) in [6.07, 6.45) is 2.76. The Morgan fingerprint density at radius 1 is 1.45 bits per heavy atom. The molecule has 106 valence electrons. The Labute approximate surface area is 125 Å². The van der Waals surface area contributed by atoms with Gasteiger partial charge in [-0.1, -0.05) is 24.3 Å². The maximum absolute atomic E-state index is 11.5. The van der Waals surface area contributed by atoms with E-state index in [2.05, 4.69) is 11.0 Å². The van der Waals surface area contributed by atoms with Gasteiger partial charge in [0.15, 0.2) is 0 Å². The van der Waals surface area contributed by atoms with E-state index in [1.165, 1.54) is 7.11 Å². The van der Waals surface area contributed by atoms with E-state index in [-0.39, 0.29) is 18.4 Å². The van der Waals surface area contributed by atoms with Gasteiger partial charge in [0.1, 0.15) is 0 Å². The van der Waals surface area contributed by atoms with E-state index in [1.54, 1.807) is 0 Å². The van der Waals surface area contributed by atoms with Crippen molar-refractivity contribution in [3.05, 3.63) is 47.0 Å². The second kappa shape index (κ2) is 7.68. The maximum Gasteiger partial charge on any atom is 0.334 e. The van der Waals surface area contributed by atoms with Crippen molar-refractivity contribution < 1.29 is 9.53 Å². The molecule has 0 N–H and O–H groups in total. The van der Waals surface area contributed by atoms with Crippen molar-refractivity contribution in [2.24, 2.45) is 0 Å². The van der Waals surface area contributed by atoms with Crippen LogP contribution in [0.4, 0.5) is 0 Å². The molecule has 5 heteroatoms. The molecule has 0 radical (unpaired) electrons. The van der Waals surface area contributed by atoms with E-state index in [0.717, 1.165) is 18.5 Å². The fraction of sp³-hybridized carbons (Fsp3) is 0.333. The van der Waals surface area contributed by atoms with Crippen molar-refractivity contribution in [1.29, 1.82) is 5.26 Å². The molecule has 1 aromatic rings. The number of carbonyl (C=O) groups excluding carboxylic acids is 1. The number of carbonyl (C=O) groups is 1. The fourth-order valence-electron chi connectivity index (χ4n) is 2.23. The van der Waals surface area contributed by atoms with Crippen LogP contribution in [0.1, 0.15) is 17.5 Å². The first-order valence-corrected chi connectivity index (χ1v) is 6.22. The molecule has 1 heterocycles. The third-order valence-corrected chi connectivity index (χ3v) is 3.21. The molecule has 0 aliphatic carbocycles. The summed E-state index contributed by atoms with van der Waals surface area (Å²) in [6, 6.07) is 9.75. The molecule has 1 aliphatic heterocycles. The number of methoxy groups -OCH3 is 1. The summed E-state index contributed by atoms with van der Waals surface area (Å²) in [5.74, 6) is -0.265. The van der Waals surface area contributed by atoms with Crippen LogP contribution in [0.2, 0.25) is 0 Å². The lowest BCUT2D eigenvalue weighted by atomic mass is 10.1. The highest BCUT2D eigenvalue weighted by Crippen LogP contribution is 2.16. The fourth-order valence-corrected chi connectivity index (χ4v) is 2.23. The van der Waals surface area contributed by atoms with Gasteiger partial charge in [-0.05, 0) is 18.1 Å². The van der Waals surface area contributed by atoms with Crippen LogP contribution < -0.4 is 0 Å². The van der Waals surface area contributed by atoms with Crippen LogP contribution in [-0.4, -0.2) is 31.1 Å². The van der Waals surface area contributed by atoms with Gasteiger partial charge in [0.2, 0.25) is 0 Å². The van der Waals surface area contributed by atoms with Crippen LogP contribution in [-0.2, 0) is 16.1 Å². The van der Waals surface area contributed by atoms with Gasteiger partial charge in [-0.2, -0.15) is 5.26 Å². The monoisotopic (exact) mass is 292 g/mol. The van der Waals surface area contributed by atoms with Crippen molar-refractivity contribution in [3.8, 4) is 6.07 Å². The molecule has 1 aromatic carbocycles. The first-order chi connectivity index (χ1) is 9.24. The van der Waals surface area contributed by atoms with Gasteiger partial charge in [0.05, 0.1) is 18.7 Å². The SMILES string of the molecule is COC(=O)C1=CCCN(Cc2ccccc2C#N)C1.Cl. The Kier molecular flexibility index (Phi) is 6.23. The van der Waals surface area contributed by atoms with E-state index in [4.69, 9.17) is 10.00 Å². The number of ether oxygens (including phenoxy) is 1. The average molecular weight is 293 g/mol. The van der Waals surface area contributed by atoms with E-state index in [0.29, 0.717) is 24.2 Å². The zero-order valence-corrected chi connectivity index (χ0v) is 12.2. The first kappa shape index (κ1) is 16.2. The van der Waals surface area contributed by atoms with E-state index in [1.807, 2.05) is 30.3 Å². The Bertz CT molecular complexity index is 549. The van der Waals surface area contributed by atoms with Crippen LogP contribution in [0.5, 0.6) is 0 Å². The largest absolute Gasteiger partial charge is 0.466 e. The lowest BCUT2D eigenvalue weighted by molar-refractivity contribution is -0.136. The molecule has 0 saturated heterocycles. The minimum absolute atomic E-state index is 0. The molecule has 20 heavy (non-hydrogen) atoms. The molecular formula is C15H17ClN2O2. The van der Waals surface area contributed by atoms with Crippen LogP contribution in [0.15, 0.2) is 35.9 Å². The molecule has 0 saturated carbocycles. The van der Waals surface area contributed by atoms with Gasteiger partial charge < -0.3 is 4.74 Å². The molecule has 0 amide bonds. The summed E-state index contributed by atoms with van der Waals surface area (Å²) >= 11 is 0. The predicted octanol–water partition coefficient (Wildman–Crippen LogP) is 2.29. The van der Waals surface area contributed by atoms with Crippen LogP contribution in [0, 0.1) is 11.3 Å². The zero-order valence-electron chi connectivity index (χ0n) is 11.3. The number of esters is 1. The van der Waals surface area contributed by atoms with Gasteiger partial charge in [-0.3, -0.25) is 4.90 Å². The molecule has 1 aliphatic rings. The number of halogens is 1. The number of nitriles is 1. The van der Waals surface area contributed by atoms with Crippen LogP contribution in [0.25, 0.3) is 0 Å². The van der Waals surface area contributed by atoms with Crippen LogP contribution >= 0.6 is 12.4 Å². The minimum atomic E-state index is -0.265. The zero-order chi connectivity index (χ0) is 13.7. The highest BCUT2D eigenvalue weighted by molar-refractivity contribution is 5.88. The normalized spacial score (nSPS) is 14.7. The quantitative estimate of drug-likeness (QED) is 0.802. The molecule has 0 atom stereocenters. The molecule has 0 aromatic heterocycles. The highest BCUT2D eigenvalue weighted by Gasteiger charge is 2.19. The van der Waals surface area contributed by atoms with Crippen LogP contribution in [0.3, 0.4) is 0 Å². The second-order valence-electron chi connectivity index (χ2n) is 4.49. The summed E-state index contributed by atoms with van der Waals surface area (Å²) in [5, 5.41) is 9.07. The Hall–Kier alpha value is -1.83. The molecule has 0 spiro atoms. The van der Waals surface area contributed by atoms with Crippen molar-refractivity contribution >= 4 is 18.4 Å². The molecular weight excluding hydrogens is 276 g/mol. The van der Waals surface area contributed by atoms with E-state index < -0.39 is 0 Å². The number of hydrogen-bond acceptors (Lipinski definition) is 4. The molecule has 0 fully saturated rings. The maximum atomic E-state index is 11.5. The van der Waals surface area contributed by atoms with Crippen molar-refractivity contribution in [1.82, 2.24) is 4.90 Å². The summed E-state index contributed by atoms with van der Waals surface area (Å²) in [5.41, 5.74) is 2.39. The third-order valence-electron chi connectivity index (χ3n) is 3.21. The van der Waals surface area contributed by atoms with E-state index >= 15 is 0 Å². The smallest absolute Gasteiger partial charge is 0.334 e. The van der Waals surface area contributed by atoms with Gasteiger partial charge in [0.25, 0.3) is 0 Å². The lowest BCUT2D eigenvalue weighted by Crippen LogP contribution is -2.32. The number of benzene rings is 1.